The number of carbonyl (C=O) groups is 2. The van der Waals surface area contributed by atoms with Crippen LogP contribution in [-0.2, 0) is 26.0 Å². The molecule has 0 spiro atoms. The summed E-state index contributed by atoms with van der Waals surface area (Å²) in [5, 5.41) is 2.99. The van der Waals surface area contributed by atoms with E-state index >= 15 is 0 Å². The Hall–Kier alpha value is -2.75. The van der Waals surface area contributed by atoms with Gasteiger partial charge >= 0.3 is 0 Å². The molecular formula is C26H34N4O4S. The lowest BCUT2D eigenvalue weighted by atomic mass is 10.1. The number of aryl methyl sites for hydroxylation is 2. The second kappa shape index (κ2) is 10.9. The first kappa shape index (κ1) is 25.3. The van der Waals surface area contributed by atoms with Gasteiger partial charge in [0, 0.05) is 38.4 Å². The minimum Gasteiger partial charge on any atom is -0.339 e. The van der Waals surface area contributed by atoms with Crippen LogP contribution in [0.15, 0.2) is 53.4 Å². The van der Waals surface area contributed by atoms with Gasteiger partial charge in [0.05, 0.1) is 11.4 Å². The molecule has 0 aliphatic carbocycles. The number of hydrogen-bond acceptors (Lipinski definition) is 5. The molecule has 0 aromatic heterocycles. The van der Waals surface area contributed by atoms with Crippen molar-refractivity contribution in [2.24, 2.45) is 0 Å². The number of benzene rings is 2. The summed E-state index contributed by atoms with van der Waals surface area (Å²) in [5.74, 6) is -0.212. The fourth-order valence-electron chi connectivity index (χ4n) is 4.80. The van der Waals surface area contributed by atoms with Crippen molar-refractivity contribution < 1.29 is 18.0 Å². The zero-order chi connectivity index (χ0) is 25.0. The summed E-state index contributed by atoms with van der Waals surface area (Å²) in [6.45, 7) is 6.69. The molecule has 1 N–H and O–H groups in total. The third-order valence-electron chi connectivity index (χ3n) is 6.84. The lowest BCUT2D eigenvalue weighted by Gasteiger charge is -2.36. The van der Waals surface area contributed by atoms with Gasteiger partial charge in [-0.15, -0.1) is 0 Å². The summed E-state index contributed by atoms with van der Waals surface area (Å²) >= 11 is 0. The molecule has 35 heavy (non-hydrogen) atoms. The Morgan fingerprint density at radius 2 is 1.66 bits per heavy atom. The summed E-state index contributed by atoms with van der Waals surface area (Å²) in [4.78, 5) is 29.9. The van der Waals surface area contributed by atoms with Crippen LogP contribution in [0.1, 0.15) is 30.9 Å². The molecule has 1 atom stereocenters. The second-order valence-corrected chi connectivity index (χ2v) is 11.1. The first-order chi connectivity index (χ1) is 16.8. The van der Waals surface area contributed by atoms with E-state index in [1.807, 2.05) is 36.1 Å². The molecular weight excluding hydrogens is 464 g/mol. The Kier molecular flexibility index (Phi) is 7.88. The topological polar surface area (TPSA) is 90.0 Å². The molecule has 2 heterocycles. The SMILES string of the molecule is CCc1ccccc1NC(=O)CN1CCN(C(=O)C2CCCN2S(=O)(=O)c2ccc(C)cc2)CC1. The van der Waals surface area contributed by atoms with Crippen LogP contribution in [0, 0.1) is 6.92 Å². The van der Waals surface area contributed by atoms with Gasteiger partial charge in [0.1, 0.15) is 6.04 Å². The molecule has 1 unspecified atom stereocenters. The molecule has 8 nitrogen and oxygen atoms in total. The number of sulfonamides is 1. The lowest BCUT2D eigenvalue weighted by Crippen LogP contribution is -2.55. The molecule has 2 aliphatic rings. The van der Waals surface area contributed by atoms with E-state index in [9.17, 15) is 18.0 Å². The number of carbonyl (C=O) groups excluding carboxylic acids is 2. The molecule has 4 rings (SSSR count). The first-order valence-corrected chi connectivity index (χ1v) is 13.7. The maximum Gasteiger partial charge on any atom is 0.243 e. The fraction of sp³-hybridized carbons (Fsp3) is 0.462. The van der Waals surface area contributed by atoms with E-state index in [0.717, 1.165) is 23.2 Å². The van der Waals surface area contributed by atoms with Gasteiger partial charge in [-0.25, -0.2) is 8.42 Å². The zero-order valence-electron chi connectivity index (χ0n) is 20.4. The van der Waals surface area contributed by atoms with Crippen molar-refractivity contribution in [1.82, 2.24) is 14.1 Å². The van der Waals surface area contributed by atoms with Gasteiger partial charge in [0.25, 0.3) is 0 Å². The van der Waals surface area contributed by atoms with Crippen LogP contribution in [0.4, 0.5) is 5.69 Å². The second-order valence-electron chi connectivity index (χ2n) is 9.25. The van der Waals surface area contributed by atoms with Crippen LogP contribution in [0.25, 0.3) is 0 Å². The van der Waals surface area contributed by atoms with E-state index < -0.39 is 16.1 Å². The predicted octanol–water partition coefficient (Wildman–Crippen LogP) is 2.49. The van der Waals surface area contributed by atoms with Crippen molar-refractivity contribution in [2.75, 3.05) is 44.6 Å². The minimum atomic E-state index is -3.73. The van der Waals surface area contributed by atoms with E-state index in [2.05, 4.69) is 12.2 Å². The summed E-state index contributed by atoms with van der Waals surface area (Å²) in [5.41, 5.74) is 2.92. The van der Waals surface area contributed by atoms with Gasteiger partial charge in [-0.1, -0.05) is 42.8 Å². The Balaban J connectivity index is 1.33. The molecule has 0 bridgehead atoms. The van der Waals surface area contributed by atoms with Crippen LogP contribution in [0.3, 0.4) is 0 Å². The van der Waals surface area contributed by atoms with E-state index in [1.165, 1.54) is 4.31 Å². The average molecular weight is 499 g/mol. The highest BCUT2D eigenvalue weighted by Gasteiger charge is 2.41. The smallest absolute Gasteiger partial charge is 0.243 e. The van der Waals surface area contributed by atoms with Crippen molar-refractivity contribution in [3.8, 4) is 0 Å². The van der Waals surface area contributed by atoms with Gasteiger partial charge in [-0.05, 0) is 49.9 Å². The molecule has 9 heteroatoms. The highest BCUT2D eigenvalue weighted by Crippen LogP contribution is 2.28. The number of piperazine rings is 1. The molecule has 2 aromatic rings. The highest BCUT2D eigenvalue weighted by molar-refractivity contribution is 7.89. The Bertz CT molecular complexity index is 1160. The summed E-state index contributed by atoms with van der Waals surface area (Å²) in [6, 6.07) is 13.9. The number of para-hydroxylation sites is 1. The summed E-state index contributed by atoms with van der Waals surface area (Å²) in [6.07, 6.45) is 2.04. The molecule has 2 amide bonds. The molecule has 2 aliphatic heterocycles. The quantitative estimate of drug-likeness (QED) is 0.634. The molecule has 0 saturated carbocycles. The monoisotopic (exact) mass is 498 g/mol. The van der Waals surface area contributed by atoms with E-state index in [-0.39, 0.29) is 23.3 Å². The Labute approximate surface area is 207 Å². The van der Waals surface area contributed by atoms with Crippen molar-refractivity contribution in [1.29, 1.82) is 0 Å². The maximum absolute atomic E-state index is 13.3. The molecule has 2 fully saturated rings. The van der Waals surface area contributed by atoms with E-state index in [0.29, 0.717) is 45.6 Å². The maximum atomic E-state index is 13.3. The van der Waals surface area contributed by atoms with Crippen LogP contribution >= 0.6 is 0 Å². The number of anilines is 1. The molecule has 2 aromatic carbocycles. The van der Waals surface area contributed by atoms with Gasteiger partial charge in [-0.3, -0.25) is 14.5 Å². The third kappa shape index (κ3) is 5.74. The Morgan fingerprint density at radius 3 is 2.34 bits per heavy atom. The van der Waals surface area contributed by atoms with Crippen LogP contribution in [0.5, 0.6) is 0 Å². The summed E-state index contributed by atoms with van der Waals surface area (Å²) in [7, 11) is -3.73. The number of nitrogens with one attached hydrogen (secondary N) is 1. The van der Waals surface area contributed by atoms with Crippen molar-refractivity contribution in [3.05, 3.63) is 59.7 Å². The largest absolute Gasteiger partial charge is 0.339 e. The lowest BCUT2D eigenvalue weighted by molar-refractivity contribution is -0.136. The number of rotatable bonds is 7. The van der Waals surface area contributed by atoms with E-state index in [1.54, 1.807) is 29.2 Å². The normalized spacial score (nSPS) is 19.6. The number of nitrogens with zero attached hydrogens (tertiary/aromatic N) is 3. The van der Waals surface area contributed by atoms with Gasteiger partial charge in [0.15, 0.2) is 0 Å². The first-order valence-electron chi connectivity index (χ1n) is 12.3. The van der Waals surface area contributed by atoms with Gasteiger partial charge < -0.3 is 10.2 Å². The zero-order valence-corrected chi connectivity index (χ0v) is 21.3. The summed E-state index contributed by atoms with van der Waals surface area (Å²) < 4.78 is 27.8. The van der Waals surface area contributed by atoms with Crippen LogP contribution < -0.4 is 5.32 Å². The van der Waals surface area contributed by atoms with Gasteiger partial charge in [-0.2, -0.15) is 4.31 Å². The minimum absolute atomic E-state index is 0.0724. The predicted molar refractivity (Wildman–Crippen MR) is 136 cm³/mol. The van der Waals surface area contributed by atoms with Crippen molar-refractivity contribution >= 4 is 27.5 Å². The highest BCUT2D eigenvalue weighted by atomic mass is 32.2. The van der Waals surface area contributed by atoms with E-state index in [4.69, 9.17) is 0 Å². The van der Waals surface area contributed by atoms with Crippen molar-refractivity contribution in [2.45, 2.75) is 44.0 Å². The number of amides is 2. The fourth-order valence-corrected chi connectivity index (χ4v) is 6.45. The number of hydrogen-bond donors (Lipinski definition) is 1. The molecule has 2 saturated heterocycles. The van der Waals surface area contributed by atoms with Crippen molar-refractivity contribution in [3.63, 3.8) is 0 Å². The third-order valence-corrected chi connectivity index (χ3v) is 8.76. The molecule has 188 valence electrons. The van der Waals surface area contributed by atoms with Gasteiger partial charge in [0.2, 0.25) is 21.8 Å². The Morgan fingerprint density at radius 1 is 0.971 bits per heavy atom. The van der Waals surface area contributed by atoms with Crippen LogP contribution in [-0.4, -0.2) is 79.6 Å². The standard InChI is InChI=1S/C26H34N4O4S/c1-3-21-7-4-5-8-23(21)27-25(31)19-28-15-17-29(18-16-28)26(32)24-9-6-14-30(24)35(33,34)22-12-10-20(2)11-13-22/h4-5,7-8,10-13,24H,3,6,9,14-19H2,1-2H3,(H,27,31). The average Bonchev–Trinajstić information content (AvgIpc) is 3.36. The van der Waals surface area contributed by atoms with Crippen LogP contribution in [0.2, 0.25) is 0 Å². The molecule has 0 radical (unpaired) electrons.